The van der Waals surface area contributed by atoms with Crippen molar-refractivity contribution in [3.8, 4) is 0 Å². The molecule has 3 heterocycles. The summed E-state index contributed by atoms with van der Waals surface area (Å²) in [6.07, 6.45) is 0.0395. The third kappa shape index (κ3) is 3.04. The first-order valence-corrected chi connectivity index (χ1v) is 9.77. The number of carbonyl (C=O) groups is 1. The second-order valence-corrected chi connectivity index (χ2v) is 7.71. The fourth-order valence-corrected chi connectivity index (χ4v) is 4.54. The van der Waals surface area contributed by atoms with Gasteiger partial charge in [0.2, 0.25) is 5.91 Å². The minimum Gasteiger partial charge on any atom is -0.377 e. The number of hydrogen-bond acceptors (Lipinski definition) is 6. The minimum atomic E-state index is -0.386. The van der Waals surface area contributed by atoms with Gasteiger partial charge in [0.25, 0.3) is 0 Å². The van der Waals surface area contributed by atoms with Crippen LogP contribution in [0.2, 0.25) is 0 Å². The van der Waals surface area contributed by atoms with Gasteiger partial charge in [-0.05, 0) is 30.3 Å². The van der Waals surface area contributed by atoms with Crippen molar-refractivity contribution in [3.63, 3.8) is 0 Å². The lowest BCUT2D eigenvalue weighted by molar-refractivity contribution is -0.139. The van der Waals surface area contributed by atoms with Crippen molar-refractivity contribution < 1.29 is 18.4 Å². The van der Waals surface area contributed by atoms with Crippen LogP contribution in [0, 0.1) is 5.82 Å². The molecule has 1 aliphatic heterocycles. The Kier molecular flexibility index (Phi) is 4.29. The molecular formula is C20H16FN3O3S. The van der Waals surface area contributed by atoms with Gasteiger partial charge in [0.05, 0.1) is 29.9 Å². The molecule has 0 N–H and O–H groups in total. The Morgan fingerprint density at radius 2 is 2.18 bits per heavy atom. The molecule has 0 aliphatic carbocycles. The lowest BCUT2D eigenvalue weighted by Crippen LogP contribution is -2.44. The van der Waals surface area contributed by atoms with E-state index in [0.717, 1.165) is 15.2 Å². The Morgan fingerprint density at radius 3 is 3.07 bits per heavy atom. The summed E-state index contributed by atoms with van der Waals surface area (Å²) in [6, 6.07) is 11.8. The Bertz CT molecular complexity index is 1140. The molecule has 1 amide bonds. The number of nitrogens with zero attached hydrogens (tertiary/aromatic N) is 3. The lowest BCUT2D eigenvalue weighted by atomic mass is 10.1. The normalized spacial score (nSPS) is 17.5. The van der Waals surface area contributed by atoms with Gasteiger partial charge in [0.15, 0.2) is 5.58 Å². The zero-order valence-electron chi connectivity index (χ0n) is 14.8. The number of aromatic nitrogens is 2. The zero-order chi connectivity index (χ0) is 19.1. The molecule has 142 valence electrons. The molecule has 0 unspecified atom stereocenters. The van der Waals surface area contributed by atoms with Gasteiger partial charge in [-0.3, -0.25) is 4.79 Å². The number of thiazole rings is 1. The van der Waals surface area contributed by atoms with Crippen molar-refractivity contribution in [2.75, 3.05) is 19.8 Å². The largest absolute Gasteiger partial charge is 0.377 e. The number of halogens is 1. The van der Waals surface area contributed by atoms with Crippen molar-refractivity contribution in [1.82, 2.24) is 15.0 Å². The van der Waals surface area contributed by atoms with E-state index in [4.69, 9.17) is 9.26 Å². The van der Waals surface area contributed by atoms with Gasteiger partial charge < -0.3 is 14.2 Å². The molecule has 0 radical (unpaired) electrons. The van der Waals surface area contributed by atoms with E-state index in [1.807, 2.05) is 24.3 Å². The maximum atomic E-state index is 13.6. The molecule has 0 bridgehead atoms. The second kappa shape index (κ2) is 6.96. The number of ether oxygens (including phenoxy) is 1. The van der Waals surface area contributed by atoms with E-state index in [-0.39, 0.29) is 24.2 Å². The van der Waals surface area contributed by atoms with E-state index in [9.17, 15) is 9.18 Å². The highest BCUT2D eigenvalue weighted by molar-refractivity contribution is 7.18. The van der Waals surface area contributed by atoms with Gasteiger partial charge in [0.1, 0.15) is 22.6 Å². The van der Waals surface area contributed by atoms with Crippen LogP contribution in [0.25, 0.3) is 21.2 Å². The van der Waals surface area contributed by atoms with Crippen LogP contribution in [0.15, 0.2) is 47.0 Å². The fourth-order valence-electron chi connectivity index (χ4n) is 3.47. The molecule has 1 saturated heterocycles. The molecule has 8 heteroatoms. The Balaban J connectivity index is 1.43. The van der Waals surface area contributed by atoms with E-state index < -0.39 is 0 Å². The van der Waals surface area contributed by atoms with Crippen LogP contribution in [0.3, 0.4) is 0 Å². The number of benzene rings is 2. The summed E-state index contributed by atoms with van der Waals surface area (Å²) in [6.45, 7) is 1.35. The molecule has 6 nitrogen and oxygen atoms in total. The molecule has 4 aromatic rings. The summed E-state index contributed by atoms with van der Waals surface area (Å²) in [4.78, 5) is 19.5. The summed E-state index contributed by atoms with van der Waals surface area (Å²) in [5, 5.41) is 5.35. The van der Waals surface area contributed by atoms with Gasteiger partial charge in [-0.1, -0.05) is 17.3 Å². The third-order valence-electron chi connectivity index (χ3n) is 4.87. The Labute approximate surface area is 163 Å². The molecule has 1 atom stereocenters. The first kappa shape index (κ1) is 17.3. The van der Waals surface area contributed by atoms with Gasteiger partial charge in [-0.25, -0.2) is 9.37 Å². The smallest absolute Gasteiger partial charge is 0.229 e. The van der Waals surface area contributed by atoms with E-state index in [1.54, 1.807) is 16.2 Å². The van der Waals surface area contributed by atoms with E-state index in [1.165, 1.54) is 18.2 Å². The van der Waals surface area contributed by atoms with Gasteiger partial charge in [0, 0.05) is 11.9 Å². The number of fused-ring (bicyclic) bond motifs is 2. The Morgan fingerprint density at radius 1 is 1.29 bits per heavy atom. The van der Waals surface area contributed by atoms with Gasteiger partial charge in [-0.2, -0.15) is 0 Å². The number of para-hydroxylation sites is 1. The van der Waals surface area contributed by atoms with Gasteiger partial charge in [-0.15, -0.1) is 11.3 Å². The maximum Gasteiger partial charge on any atom is 0.229 e. The number of rotatable bonds is 3. The topological polar surface area (TPSA) is 68.5 Å². The first-order valence-electron chi connectivity index (χ1n) is 8.95. The standard InChI is InChI=1S/C20H16FN3O3S/c21-12-5-6-17-13(9-12)15(23-27-17)10-19(25)24-7-8-26-11-16(24)20-22-14-3-1-2-4-18(14)28-20/h1-6,9,16H,7-8,10-11H2/t16-/m0/s1. The molecule has 2 aromatic heterocycles. The van der Waals surface area contributed by atoms with Gasteiger partial charge >= 0.3 is 0 Å². The molecule has 28 heavy (non-hydrogen) atoms. The molecule has 0 spiro atoms. The molecule has 1 fully saturated rings. The van der Waals surface area contributed by atoms with Crippen LogP contribution in [0.4, 0.5) is 4.39 Å². The number of morpholine rings is 1. The van der Waals surface area contributed by atoms with Crippen molar-refractivity contribution in [2.45, 2.75) is 12.5 Å². The Hall–Kier alpha value is -2.84. The summed E-state index contributed by atoms with van der Waals surface area (Å²) >= 11 is 1.57. The molecular weight excluding hydrogens is 381 g/mol. The molecule has 5 rings (SSSR count). The SMILES string of the molecule is O=C(Cc1noc2ccc(F)cc12)N1CCOC[C@H]1c1nc2ccccc2s1. The van der Waals surface area contributed by atoms with E-state index in [0.29, 0.717) is 36.4 Å². The molecule has 0 saturated carbocycles. The average Bonchev–Trinajstić information content (AvgIpc) is 3.32. The van der Waals surface area contributed by atoms with Crippen LogP contribution >= 0.6 is 11.3 Å². The highest BCUT2D eigenvalue weighted by Gasteiger charge is 2.31. The molecule has 1 aliphatic rings. The second-order valence-electron chi connectivity index (χ2n) is 6.64. The highest BCUT2D eigenvalue weighted by Crippen LogP contribution is 2.32. The van der Waals surface area contributed by atoms with Crippen LogP contribution in [-0.4, -0.2) is 40.7 Å². The quantitative estimate of drug-likeness (QED) is 0.527. The predicted octanol–water partition coefficient (Wildman–Crippen LogP) is 3.72. The predicted molar refractivity (Wildman–Crippen MR) is 103 cm³/mol. The summed E-state index contributed by atoms with van der Waals surface area (Å²) < 4.78 is 25.5. The number of carbonyl (C=O) groups excluding carboxylic acids is 1. The summed E-state index contributed by atoms with van der Waals surface area (Å²) in [5.41, 5.74) is 1.82. The third-order valence-corrected chi connectivity index (χ3v) is 6.01. The molecule has 2 aromatic carbocycles. The minimum absolute atomic E-state index is 0.0395. The number of amides is 1. The monoisotopic (exact) mass is 397 g/mol. The highest BCUT2D eigenvalue weighted by atomic mass is 32.1. The summed E-state index contributed by atoms with van der Waals surface area (Å²) in [7, 11) is 0. The zero-order valence-corrected chi connectivity index (χ0v) is 15.6. The van der Waals surface area contributed by atoms with Crippen molar-refractivity contribution >= 4 is 38.4 Å². The van der Waals surface area contributed by atoms with Crippen LogP contribution < -0.4 is 0 Å². The lowest BCUT2D eigenvalue weighted by Gasteiger charge is -2.34. The first-order chi connectivity index (χ1) is 13.7. The fraction of sp³-hybridized carbons (Fsp3) is 0.250. The van der Waals surface area contributed by atoms with Crippen LogP contribution in [0.1, 0.15) is 16.7 Å². The van der Waals surface area contributed by atoms with E-state index in [2.05, 4.69) is 10.1 Å². The average molecular weight is 397 g/mol. The van der Waals surface area contributed by atoms with Crippen molar-refractivity contribution in [2.24, 2.45) is 0 Å². The van der Waals surface area contributed by atoms with Crippen LogP contribution in [-0.2, 0) is 16.0 Å². The van der Waals surface area contributed by atoms with Crippen molar-refractivity contribution in [1.29, 1.82) is 0 Å². The maximum absolute atomic E-state index is 13.6. The number of hydrogen-bond donors (Lipinski definition) is 0. The van der Waals surface area contributed by atoms with Crippen molar-refractivity contribution in [3.05, 3.63) is 59.0 Å². The summed E-state index contributed by atoms with van der Waals surface area (Å²) in [5.74, 6) is -0.491. The van der Waals surface area contributed by atoms with E-state index >= 15 is 0 Å². The van der Waals surface area contributed by atoms with Crippen LogP contribution in [0.5, 0.6) is 0 Å².